The summed E-state index contributed by atoms with van der Waals surface area (Å²) < 4.78 is 1.45. The Balaban J connectivity index is 2.05. The van der Waals surface area contributed by atoms with Gasteiger partial charge in [-0.2, -0.15) is 0 Å². The van der Waals surface area contributed by atoms with E-state index in [-0.39, 0.29) is 6.10 Å². The van der Waals surface area contributed by atoms with E-state index in [9.17, 15) is 5.11 Å². The van der Waals surface area contributed by atoms with E-state index in [2.05, 4.69) is 36.9 Å². The van der Waals surface area contributed by atoms with E-state index in [4.69, 9.17) is 0 Å². The fourth-order valence-corrected chi connectivity index (χ4v) is 3.36. The van der Waals surface area contributed by atoms with Gasteiger partial charge in [-0.1, -0.05) is 0 Å². The summed E-state index contributed by atoms with van der Waals surface area (Å²) in [6, 6.07) is 10.6. The molecule has 0 bridgehead atoms. The Morgan fingerprint density at radius 2 is 2.00 bits per heavy atom. The first-order chi connectivity index (χ1) is 7.83. The molecule has 1 aromatic rings. The minimum atomic E-state index is -0.135. The predicted octanol–water partition coefficient (Wildman–Crippen LogP) is 2.54. The average molecular weight is 283 g/mol. The van der Waals surface area contributed by atoms with Gasteiger partial charge in [0, 0.05) is 0 Å². The Labute approximate surface area is 105 Å². The molecule has 1 unspecified atom stereocenters. The molecule has 1 rings (SSSR count). The normalized spacial score (nSPS) is 12.3. The second kappa shape index (κ2) is 8.58. The van der Waals surface area contributed by atoms with Crippen molar-refractivity contribution >= 4 is 19.4 Å². The minimum absolute atomic E-state index is 0.135. The van der Waals surface area contributed by atoms with E-state index in [1.807, 2.05) is 6.08 Å². The molecule has 0 heterocycles. The topological polar surface area (TPSA) is 20.2 Å². The third kappa shape index (κ3) is 6.12. The van der Waals surface area contributed by atoms with E-state index in [1.54, 1.807) is 0 Å². The molecule has 1 nitrogen and oxygen atoms in total. The molecule has 0 aliphatic carbocycles. The van der Waals surface area contributed by atoms with Gasteiger partial charge in [-0.25, -0.2) is 0 Å². The number of benzene rings is 1. The number of aliphatic hydroxyl groups is 1. The molecular weight excluding hydrogens is 263 g/mol. The average Bonchev–Trinajstić information content (AvgIpc) is 2.33. The van der Waals surface area contributed by atoms with E-state index in [1.165, 1.54) is 9.78 Å². The van der Waals surface area contributed by atoms with Crippen LogP contribution >= 0.6 is 0 Å². The van der Waals surface area contributed by atoms with Gasteiger partial charge < -0.3 is 0 Å². The van der Waals surface area contributed by atoms with Gasteiger partial charge in [-0.3, -0.25) is 0 Å². The first-order valence-corrected chi connectivity index (χ1v) is 7.86. The molecule has 0 saturated heterocycles. The Bertz CT molecular complexity index is 284. The number of hydrogen-bond acceptors (Lipinski definition) is 1. The van der Waals surface area contributed by atoms with Crippen LogP contribution in [0.3, 0.4) is 0 Å². The van der Waals surface area contributed by atoms with E-state index >= 15 is 0 Å². The summed E-state index contributed by atoms with van der Waals surface area (Å²) in [6.07, 6.45) is 5.59. The second-order valence-corrected chi connectivity index (χ2v) is 6.27. The summed E-state index contributed by atoms with van der Waals surface area (Å²) in [7, 11) is 0. The molecule has 0 saturated carbocycles. The third-order valence-corrected chi connectivity index (χ3v) is 4.70. The first-order valence-electron chi connectivity index (χ1n) is 5.79. The van der Waals surface area contributed by atoms with Crippen LogP contribution in [-0.2, 0) is 0 Å². The van der Waals surface area contributed by atoms with Crippen molar-refractivity contribution < 1.29 is 5.11 Å². The summed E-state index contributed by atoms with van der Waals surface area (Å²) >= 11 is 0.569. The van der Waals surface area contributed by atoms with Crippen LogP contribution in [0, 0.1) is 0 Å². The molecule has 88 valence electrons. The molecule has 1 atom stereocenters. The van der Waals surface area contributed by atoms with Crippen molar-refractivity contribution in [3.8, 4) is 0 Å². The monoisotopic (exact) mass is 284 g/mol. The van der Waals surface area contributed by atoms with Gasteiger partial charge in [0.1, 0.15) is 0 Å². The molecule has 0 radical (unpaired) electrons. The standard InChI is InChI=1S/C14H20OSe/c1-2-3-8-13(15)9-7-12-16-14-10-5-4-6-11-14/h2,4-6,10-11,13,15H,1,3,7-9,12H2. The van der Waals surface area contributed by atoms with Crippen molar-refractivity contribution in [2.75, 3.05) is 0 Å². The third-order valence-electron chi connectivity index (χ3n) is 2.40. The van der Waals surface area contributed by atoms with Crippen molar-refractivity contribution in [3.05, 3.63) is 43.0 Å². The molecule has 2 heteroatoms. The number of rotatable bonds is 8. The van der Waals surface area contributed by atoms with Gasteiger partial charge in [0.15, 0.2) is 0 Å². The molecule has 0 aliphatic heterocycles. The summed E-state index contributed by atoms with van der Waals surface area (Å²) in [4.78, 5) is 0. The zero-order valence-electron chi connectivity index (χ0n) is 9.64. The van der Waals surface area contributed by atoms with Crippen LogP contribution in [0.4, 0.5) is 0 Å². The fourth-order valence-electron chi connectivity index (χ4n) is 1.48. The van der Waals surface area contributed by atoms with Gasteiger partial charge >= 0.3 is 105 Å². The van der Waals surface area contributed by atoms with E-state index < -0.39 is 0 Å². The Hall–Kier alpha value is -0.561. The zero-order chi connectivity index (χ0) is 11.6. The van der Waals surface area contributed by atoms with Crippen LogP contribution in [0.2, 0.25) is 5.32 Å². The SMILES string of the molecule is C=CCCC(O)CCC[Se]c1ccccc1. The Morgan fingerprint density at radius 3 is 2.69 bits per heavy atom. The maximum absolute atomic E-state index is 9.64. The van der Waals surface area contributed by atoms with Gasteiger partial charge in [-0.15, -0.1) is 0 Å². The van der Waals surface area contributed by atoms with E-state index in [0.29, 0.717) is 15.0 Å². The first kappa shape index (κ1) is 13.5. The summed E-state index contributed by atoms with van der Waals surface area (Å²) in [5, 5.41) is 10.9. The molecule has 0 amide bonds. The van der Waals surface area contributed by atoms with E-state index in [0.717, 1.165) is 25.7 Å². The van der Waals surface area contributed by atoms with Crippen LogP contribution in [0.1, 0.15) is 25.7 Å². The van der Waals surface area contributed by atoms with Crippen LogP contribution < -0.4 is 4.46 Å². The molecule has 0 fully saturated rings. The molecule has 0 aromatic heterocycles. The zero-order valence-corrected chi connectivity index (χ0v) is 11.4. The summed E-state index contributed by atoms with van der Waals surface area (Å²) in [5.41, 5.74) is 0. The van der Waals surface area contributed by atoms with Crippen molar-refractivity contribution in [1.82, 2.24) is 0 Å². The molecule has 1 N–H and O–H groups in total. The van der Waals surface area contributed by atoms with Crippen molar-refractivity contribution in [3.63, 3.8) is 0 Å². The number of hydrogen-bond donors (Lipinski definition) is 1. The molecule has 0 aliphatic rings. The molecule has 16 heavy (non-hydrogen) atoms. The van der Waals surface area contributed by atoms with Crippen LogP contribution in [0.5, 0.6) is 0 Å². The summed E-state index contributed by atoms with van der Waals surface area (Å²) in [6.45, 7) is 3.66. The number of allylic oxidation sites excluding steroid dienone is 1. The molecule has 0 spiro atoms. The van der Waals surface area contributed by atoms with Gasteiger partial charge in [0.2, 0.25) is 0 Å². The quantitative estimate of drug-likeness (QED) is 0.441. The van der Waals surface area contributed by atoms with Crippen LogP contribution in [0.25, 0.3) is 0 Å². The Kier molecular flexibility index (Phi) is 7.24. The maximum atomic E-state index is 9.64. The van der Waals surface area contributed by atoms with Gasteiger partial charge in [0.05, 0.1) is 0 Å². The van der Waals surface area contributed by atoms with Crippen LogP contribution in [-0.4, -0.2) is 26.2 Å². The second-order valence-electron chi connectivity index (χ2n) is 3.82. The molecular formula is C14H20OSe. The van der Waals surface area contributed by atoms with Crippen molar-refractivity contribution in [2.45, 2.75) is 37.1 Å². The van der Waals surface area contributed by atoms with Crippen LogP contribution in [0.15, 0.2) is 43.0 Å². The Morgan fingerprint density at radius 1 is 1.25 bits per heavy atom. The summed E-state index contributed by atoms with van der Waals surface area (Å²) in [5.74, 6) is 0. The number of aliphatic hydroxyl groups excluding tert-OH is 1. The molecule has 1 aromatic carbocycles. The van der Waals surface area contributed by atoms with Crippen molar-refractivity contribution in [2.24, 2.45) is 0 Å². The van der Waals surface area contributed by atoms with Gasteiger partial charge in [-0.05, 0) is 0 Å². The predicted molar refractivity (Wildman–Crippen MR) is 71.3 cm³/mol. The fraction of sp³-hybridized carbons (Fsp3) is 0.429. The van der Waals surface area contributed by atoms with Crippen molar-refractivity contribution in [1.29, 1.82) is 0 Å². The van der Waals surface area contributed by atoms with Gasteiger partial charge in [0.25, 0.3) is 0 Å².